The van der Waals surface area contributed by atoms with Crippen LogP contribution in [0.5, 0.6) is 17.2 Å². The van der Waals surface area contributed by atoms with Crippen LogP contribution in [0.4, 0.5) is 11.4 Å². The number of hydrogen-bond acceptors (Lipinski definition) is 6. The van der Waals surface area contributed by atoms with Crippen molar-refractivity contribution >= 4 is 27.3 Å². The first-order chi connectivity index (χ1) is 15.4. The zero-order valence-corrected chi connectivity index (χ0v) is 18.3. The van der Waals surface area contributed by atoms with Gasteiger partial charge in [0.2, 0.25) is 0 Å². The minimum atomic E-state index is -3.91. The molecule has 32 heavy (non-hydrogen) atoms. The number of carbonyl (C=O) groups is 1. The molecule has 0 fully saturated rings. The molecule has 0 aromatic heterocycles. The number of amides is 1. The van der Waals surface area contributed by atoms with Crippen LogP contribution in [0, 0.1) is 0 Å². The summed E-state index contributed by atoms with van der Waals surface area (Å²) in [5, 5.41) is 2.76. The highest BCUT2D eigenvalue weighted by molar-refractivity contribution is 7.92. The minimum absolute atomic E-state index is 0.130. The second-order valence-electron chi connectivity index (χ2n) is 6.98. The van der Waals surface area contributed by atoms with Gasteiger partial charge in [0, 0.05) is 6.07 Å². The summed E-state index contributed by atoms with van der Waals surface area (Å²) in [4.78, 5) is 13.2. The molecule has 1 atom stereocenters. The molecule has 3 aromatic rings. The fraction of sp³-hybridized carbons (Fsp3) is 0.174. The van der Waals surface area contributed by atoms with E-state index in [0.29, 0.717) is 28.6 Å². The molecule has 0 unspecified atom stereocenters. The van der Waals surface area contributed by atoms with Gasteiger partial charge in [-0.15, -0.1) is 0 Å². The summed E-state index contributed by atoms with van der Waals surface area (Å²) in [5.74, 6) is 0.753. The number of anilines is 2. The average molecular weight is 455 g/mol. The third-order valence-electron chi connectivity index (χ3n) is 5.02. The second kappa shape index (κ2) is 8.80. The van der Waals surface area contributed by atoms with E-state index < -0.39 is 22.0 Å². The first kappa shape index (κ1) is 21.5. The largest absolute Gasteiger partial charge is 0.497 e. The van der Waals surface area contributed by atoms with Crippen molar-refractivity contribution < 1.29 is 27.4 Å². The van der Waals surface area contributed by atoms with Crippen LogP contribution >= 0.6 is 0 Å². The Balaban J connectivity index is 1.67. The highest BCUT2D eigenvalue weighted by Gasteiger charge is 2.37. The minimum Gasteiger partial charge on any atom is -0.497 e. The number of fused-ring (bicyclic) bond motifs is 1. The predicted octanol–water partition coefficient (Wildman–Crippen LogP) is 3.30. The van der Waals surface area contributed by atoms with Crippen molar-refractivity contribution in [2.75, 3.05) is 30.4 Å². The van der Waals surface area contributed by atoms with Crippen molar-refractivity contribution in [1.82, 2.24) is 0 Å². The normalized spacial score (nSPS) is 15.3. The van der Waals surface area contributed by atoms with Gasteiger partial charge in [0.1, 0.15) is 17.2 Å². The van der Waals surface area contributed by atoms with Crippen LogP contribution in [0.2, 0.25) is 0 Å². The van der Waals surface area contributed by atoms with Crippen LogP contribution in [-0.4, -0.2) is 41.2 Å². The van der Waals surface area contributed by atoms with Gasteiger partial charge in [0.05, 0.1) is 37.0 Å². The lowest BCUT2D eigenvalue weighted by molar-refractivity contribution is -0.122. The van der Waals surface area contributed by atoms with Gasteiger partial charge in [-0.05, 0) is 36.4 Å². The number of carbonyl (C=O) groups excluding carboxylic acids is 1. The second-order valence-corrected chi connectivity index (χ2v) is 8.84. The van der Waals surface area contributed by atoms with Gasteiger partial charge in [0.25, 0.3) is 15.9 Å². The van der Waals surface area contributed by atoms with Gasteiger partial charge in [-0.1, -0.05) is 30.3 Å². The molecule has 166 valence electrons. The highest BCUT2D eigenvalue weighted by atomic mass is 32.2. The number of ether oxygens (including phenoxy) is 3. The fourth-order valence-corrected chi connectivity index (χ4v) is 4.91. The van der Waals surface area contributed by atoms with E-state index in [0.717, 1.165) is 0 Å². The molecule has 0 saturated carbocycles. The average Bonchev–Trinajstić information content (AvgIpc) is 2.83. The van der Waals surface area contributed by atoms with Crippen LogP contribution in [0.15, 0.2) is 77.7 Å². The Morgan fingerprint density at radius 2 is 1.72 bits per heavy atom. The number of rotatable bonds is 6. The van der Waals surface area contributed by atoms with Gasteiger partial charge in [-0.2, -0.15) is 0 Å². The van der Waals surface area contributed by atoms with Crippen molar-refractivity contribution in [1.29, 1.82) is 0 Å². The molecule has 9 heteroatoms. The summed E-state index contributed by atoms with van der Waals surface area (Å²) in [6, 6.07) is 19.8. The van der Waals surface area contributed by atoms with E-state index >= 15 is 0 Å². The van der Waals surface area contributed by atoms with E-state index in [2.05, 4.69) is 5.32 Å². The third-order valence-corrected chi connectivity index (χ3v) is 6.82. The van der Waals surface area contributed by atoms with E-state index in [1.807, 2.05) is 0 Å². The van der Waals surface area contributed by atoms with Crippen molar-refractivity contribution in [2.45, 2.75) is 11.0 Å². The first-order valence-electron chi connectivity index (χ1n) is 9.80. The summed E-state index contributed by atoms with van der Waals surface area (Å²) in [6.45, 7) is -0.188. The third kappa shape index (κ3) is 4.06. The Bertz CT molecular complexity index is 1230. The number of sulfonamides is 1. The standard InChI is InChI=1S/C23H22N2O6S/c1-29-16-12-13-20(30-2)18(14-16)24-23(26)22-15-25(19-10-6-7-11-21(19)31-22)32(27,28)17-8-4-3-5-9-17/h3-14,22H,15H2,1-2H3,(H,24,26)/t22-/m1/s1. The molecule has 0 aliphatic carbocycles. The monoisotopic (exact) mass is 454 g/mol. The van der Waals surface area contributed by atoms with Crippen LogP contribution in [-0.2, 0) is 14.8 Å². The summed E-state index contributed by atoms with van der Waals surface area (Å²) in [7, 11) is -0.910. The molecule has 1 aliphatic rings. The molecule has 3 aromatic carbocycles. The van der Waals surface area contributed by atoms with E-state index in [4.69, 9.17) is 14.2 Å². The van der Waals surface area contributed by atoms with Crippen molar-refractivity contribution in [3.8, 4) is 17.2 Å². The van der Waals surface area contributed by atoms with Gasteiger partial charge in [0.15, 0.2) is 6.10 Å². The smallest absolute Gasteiger partial charge is 0.267 e. The van der Waals surface area contributed by atoms with Crippen molar-refractivity contribution in [3.63, 3.8) is 0 Å². The maximum absolute atomic E-state index is 13.4. The lowest BCUT2D eigenvalue weighted by Crippen LogP contribution is -2.48. The predicted molar refractivity (Wildman–Crippen MR) is 120 cm³/mol. The number of methoxy groups -OCH3 is 2. The Morgan fingerprint density at radius 3 is 2.44 bits per heavy atom. The van der Waals surface area contributed by atoms with Crippen LogP contribution in [0.25, 0.3) is 0 Å². The maximum Gasteiger partial charge on any atom is 0.267 e. The fourth-order valence-electron chi connectivity index (χ4n) is 3.41. The Kier molecular flexibility index (Phi) is 5.91. The SMILES string of the molecule is COc1ccc(OC)c(NC(=O)[C@H]2CN(S(=O)(=O)c3ccccc3)c3ccccc3O2)c1. The zero-order chi connectivity index (χ0) is 22.7. The number of nitrogens with one attached hydrogen (secondary N) is 1. The lowest BCUT2D eigenvalue weighted by atomic mass is 10.2. The molecule has 4 rings (SSSR count). The number of hydrogen-bond donors (Lipinski definition) is 1. The number of benzene rings is 3. The van der Waals surface area contributed by atoms with Gasteiger partial charge >= 0.3 is 0 Å². The molecule has 0 radical (unpaired) electrons. The Labute approximate surface area is 186 Å². The summed E-state index contributed by atoms with van der Waals surface area (Å²) in [6.07, 6.45) is -1.08. The summed E-state index contributed by atoms with van der Waals surface area (Å²) < 4.78 is 44.3. The van der Waals surface area contributed by atoms with E-state index in [1.165, 1.54) is 30.7 Å². The Hall–Kier alpha value is -3.72. The van der Waals surface area contributed by atoms with Crippen molar-refractivity contribution in [3.05, 3.63) is 72.8 Å². The molecule has 1 amide bonds. The molecule has 8 nitrogen and oxygen atoms in total. The van der Waals surface area contributed by atoms with Gasteiger partial charge < -0.3 is 19.5 Å². The summed E-state index contributed by atoms with van der Waals surface area (Å²) >= 11 is 0. The number of para-hydroxylation sites is 2. The Morgan fingerprint density at radius 1 is 1.00 bits per heavy atom. The van der Waals surface area contributed by atoms with Crippen LogP contribution in [0.3, 0.4) is 0 Å². The molecule has 1 aliphatic heterocycles. The molecule has 0 bridgehead atoms. The molecular formula is C23H22N2O6S. The summed E-state index contributed by atoms with van der Waals surface area (Å²) in [5.41, 5.74) is 0.760. The van der Waals surface area contributed by atoms with Gasteiger partial charge in [-0.25, -0.2) is 8.42 Å². The lowest BCUT2D eigenvalue weighted by Gasteiger charge is -2.34. The van der Waals surface area contributed by atoms with Crippen LogP contribution in [0.1, 0.15) is 0 Å². The van der Waals surface area contributed by atoms with Crippen molar-refractivity contribution in [2.24, 2.45) is 0 Å². The van der Waals surface area contributed by atoms with E-state index in [9.17, 15) is 13.2 Å². The molecule has 0 spiro atoms. The quantitative estimate of drug-likeness (QED) is 0.614. The first-order valence-corrected chi connectivity index (χ1v) is 11.2. The molecular weight excluding hydrogens is 432 g/mol. The van der Waals surface area contributed by atoms with E-state index in [-0.39, 0.29) is 11.4 Å². The highest BCUT2D eigenvalue weighted by Crippen LogP contribution is 2.37. The van der Waals surface area contributed by atoms with Crippen LogP contribution < -0.4 is 23.8 Å². The molecule has 1 N–H and O–H groups in total. The van der Waals surface area contributed by atoms with E-state index in [1.54, 1.807) is 60.7 Å². The van der Waals surface area contributed by atoms with Gasteiger partial charge in [-0.3, -0.25) is 9.10 Å². The molecule has 0 saturated heterocycles. The maximum atomic E-state index is 13.4. The number of nitrogens with zero attached hydrogens (tertiary/aromatic N) is 1. The molecule has 1 heterocycles. The topological polar surface area (TPSA) is 94.2 Å². The zero-order valence-electron chi connectivity index (χ0n) is 17.5.